The summed E-state index contributed by atoms with van der Waals surface area (Å²) >= 11 is 3.51. The topological polar surface area (TPSA) is 14.2 Å². The van der Waals surface area contributed by atoms with E-state index in [2.05, 4.69) is 69.9 Å². The highest BCUT2D eigenvalue weighted by molar-refractivity contribution is 9.10. The molecule has 1 aliphatic carbocycles. The van der Waals surface area contributed by atoms with Gasteiger partial charge < -0.3 is 9.30 Å². The zero-order valence-corrected chi connectivity index (χ0v) is 15.1. The molecule has 0 aliphatic heterocycles. The highest BCUT2D eigenvalue weighted by Crippen LogP contribution is 2.46. The van der Waals surface area contributed by atoms with E-state index in [1.807, 2.05) is 0 Å². The average Bonchev–Trinajstić information content (AvgIpc) is 3.35. The molecule has 1 fully saturated rings. The van der Waals surface area contributed by atoms with Crippen molar-refractivity contribution in [3.8, 4) is 5.75 Å². The average molecular weight is 370 g/mol. The quantitative estimate of drug-likeness (QED) is 0.579. The van der Waals surface area contributed by atoms with Gasteiger partial charge in [-0.25, -0.2) is 0 Å². The SMILES string of the molecule is COc1ccc2c(c1)c(C1CC1)c(C)n2Cc1ccc(Br)cc1. The smallest absolute Gasteiger partial charge is 0.119 e. The first kappa shape index (κ1) is 14.8. The van der Waals surface area contributed by atoms with Gasteiger partial charge in [0.05, 0.1) is 7.11 Å². The van der Waals surface area contributed by atoms with Crippen molar-refractivity contribution in [3.63, 3.8) is 0 Å². The molecule has 0 amide bonds. The monoisotopic (exact) mass is 369 g/mol. The minimum atomic E-state index is 0.732. The second-order valence-electron chi connectivity index (χ2n) is 6.37. The Bertz CT molecular complexity index is 859. The van der Waals surface area contributed by atoms with E-state index >= 15 is 0 Å². The third kappa shape index (κ3) is 2.67. The number of hydrogen-bond donors (Lipinski definition) is 0. The van der Waals surface area contributed by atoms with Gasteiger partial charge in [0.15, 0.2) is 0 Å². The number of rotatable bonds is 4. The first-order valence-electron chi connectivity index (χ1n) is 8.08. The van der Waals surface area contributed by atoms with Gasteiger partial charge in [-0.2, -0.15) is 0 Å². The molecule has 1 heterocycles. The molecular weight excluding hydrogens is 350 g/mol. The Kier molecular flexibility index (Phi) is 3.68. The van der Waals surface area contributed by atoms with Gasteiger partial charge in [-0.05, 0) is 67.1 Å². The van der Waals surface area contributed by atoms with Crippen molar-refractivity contribution in [1.29, 1.82) is 0 Å². The fourth-order valence-electron chi connectivity index (χ4n) is 3.48. The maximum Gasteiger partial charge on any atom is 0.119 e. The van der Waals surface area contributed by atoms with Gasteiger partial charge >= 0.3 is 0 Å². The van der Waals surface area contributed by atoms with Crippen molar-refractivity contribution >= 4 is 26.8 Å². The van der Waals surface area contributed by atoms with Crippen LogP contribution in [0.4, 0.5) is 0 Å². The van der Waals surface area contributed by atoms with E-state index in [1.54, 1.807) is 7.11 Å². The maximum atomic E-state index is 5.44. The van der Waals surface area contributed by atoms with Crippen molar-refractivity contribution in [1.82, 2.24) is 4.57 Å². The molecule has 3 heteroatoms. The van der Waals surface area contributed by atoms with Crippen molar-refractivity contribution in [2.75, 3.05) is 7.11 Å². The van der Waals surface area contributed by atoms with Crippen LogP contribution in [0, 0.1) is 6.92 Å². The number of ether oxygens (including phenoxy) is 1. The largest absolute Gasteiger partial charge is 0.497 e. The molecule has 2 nitrogen and oxygen atoms in total. The number of hydrogen-bond acceptors (Lipinski definition) is 1. The number of nitrogens with zero attached hydrogens (tertiary/aromatic N) is 1. The maximum absolute atomic E-state index is 5.44. The zero-order valence-electron chi connectivity index (χ0n) is 13.5. The molecular formula is C20H20BrNO. The Labute approximate surface area is 145 Å². The summed E-state index contributed by atoms with van der Waals surface area (Å²) in [5, 5.41) is 1.36. The van der Waals surface area contributed by atoms with Crippen molar-refractivity contribution in [3.05, 3.63) is 63.8 Å². The molecule has 0 N–H and O–H groups in total. The summed E-state index contributed by atoms with van der Waals surface area (Å²) in [5.41, 5.74) is 5.56. The lowest BCUT2D eigenvalue weighted by molar-refractivity contribution is 0.415. The predicted molar refractivity (Wildman–Crippen MR) is 98.4 cm³/mol. The number of benzene rings is 2. The second kappa shape index (κ2) is 5.72. The molecule has 2 aromatic carbocycles. The molecule has 0 spiro atoms. The lowest BCUT2D eigenvalue weighted by Gasteiger charge is -2.09. The lowest BCUT2D eigenvalue weighted by Crippen LogP contribution is -2.02. The zero-order chi connectivity index (χ0) is 16.0. The Hall–Kier alpha value is -1.74. The van der Waals surface area contributed by atoms with Crippen LogP contribution in [0.1, 0.15) is 35.6 Å². The van der Waals surface area contributed by atoms with Gasteiger partial charge in [-0.3, -0.25) is 0 Å². The first-order valence-corrected chi connectivity index (χ1v) is 8.88. The van der Waals surface area contributed by atoms with Gasteiger partial charge in [0.1, 0.15) is 5.75 Å². The molecule has 3 aromatic rings. The van der Waals surface area contributed by atoms with E-state index in [-0.39, 0.29) is 0 Å². The summed E-state index contributed by atoms with van der Waals surface area (Å²) in [5.74, 6) is 1.68. The molecule has 1 aliphatic rings. The molecule has 1 saturated carbocycles. The lowest BCUT2D eigenvalue weighted by atomic mass is 10.1. The number of methoxy groups -OCH3 is 1. The Morgan fingerprint density at radius 1 is 1.13 bits per heavy atom. The fourth-order valence-corrected chi connectivity index (χ4v) is 3.74. The molecule has 4 rings (SSSR count). The van der Waals surface area contributed by atoms with Crippen LogP contribution in [0.3, 0.4) is 0 Å². The van der Waals surface area contributed by atoms with E-state index in [0.717, 1.165) is 22.7 Å². The Morgan fingerprint density at radius 3 is 2.52 bits per heavy atom. The molecule has 1 aromatic heterocycles. The van der Waals surface area contributed by atoms with Gasteiger partial charge in [0, 0.05) is 27.6 Å². The molecule has 23 heavy (non-hydrogen) atoms. The summed E-state index contributed by atoms with van der Waals surface area (Å²) in [6.07, 6.45) is 2.63. The molecule has 0 saturated heterocycles. The van der Waals surface area contributed by atoms with Crippen LogP contribution in [0.5, 0.6) is 5.75 Å². The minimum absolute atomic E-state index is 0.732. The number of halogens is 1. The van der Waals surface area contributed by atoms with Gasteiger partial charge in [0.25, 0.3) is 0 Å². The van der Waals surface area contributed by atoms with E-state index in [9.17, 15) is 0 Å². The van der Waals surface area contributed by atoms with Crippen LogP contribution in [0.2, 0.25) is 0 Å². The van der Waals surface area contributed by atoms with Crippen LogP contribution >= 0.6 is 15.9 Å². The predicted octanol–water partition coefficient (Wildman–Crippen LogP) is 5.65. The third-order valence-corrected chi connectivity index (χ3v) is 5.35. The van der Waals surface area contributed by atoms with Crippen LogP contribution in [-0.2, 0) is 6.54 Å². The van der Waals surface area contributed by atoms with Crippen molar-refractivity contribution < 1.29 is 4.74 Å². The van der Waals surface area contributed by atoms with Gasteiger partial charge in [0.2, 0.25) is 0 Å². The number of aromatic nitrogens is 1. The van der Waals surface area contributed by atoms with E-state index in [0.29, 0.717) is 0 Å². The summed E-state index contributed by atoms with van der Waals surface area (Å²) in [6.45, 7) is 3.17. The van der Waals surface area contributed by atoms with Crippen molar-refractivity contribution in [2.45, 2.75) is 32.2 Å². The number of fused-ring (bicyclic) bond motifs is 1. The van der Waals surface area contributed by atoms with Crippen LogP contribution in [-0.4, -0.2) is 11.7 Å². The molecule has 118 valence electrons. The Morgan fingerprint density at radius 2 is 1.87 bits per heavy atom. The molecule has 0 radical (unpaired) electrons. The first-order chi connectivity index (χ1) is 11.2. The highest BCUT2D eigenvalue weighted by Gasteiger charge is 2.30. The van der Waals surface area contributed by atoms with E-state index < -0.39 is 0 Å². The normalized spacial score (nSPS) is 14.4. The standard InChI is InChI=1S/C20H20BrNO/c1-13-20(15-5-6-15)18-11-17(23-2)9-10-19(18)22(13)12-14-3-7-16(21)8-4-14/h3-4,7-11,15H,5-6,12H2,1-2H3. The van der Waals surface area contributed by atoms with E-state index in [1.165, 1.54) is 40.6 Å². The molecule has 0 atom stereocenters. The van der Waals surface area contributed by atoms with Gasteiger partial charge in [-0.15, -0.1) is 0 Å². The van der Waals surface area contributed by atoms with Crippen LogP contribution < -0.4 is 4.74 Å². The summed E-state index contributed by atoms with van der Waals surface area (Å²) in [4.78, 5) is 0. The van der Waals surface area contributed by atoms with E-state index in [4.69, 9.17) is 4.74 Å². The highest BCUT2D eigenvalue weighted by atomic mass is 79.9. The van der Waals surface area contributed by atoms with Gasteiger partial charge in [-0.1, -0.05) is 28.1 Å². The molecule has 0 unspecified atom stereocenters. The summed E-state index contributed by atoms with van der Waals surface area (Å²) in [6, 6.07) is 15.1. The minimum Gasteiger partial charge on any atom is -0.497 e. The summed E-state index contributed by atoms with van der Waals surface area (Å²) in [7, 11) is 1.74. The third-order valence-electron chi connectivity index (χ3n) is 4.82. The fraction of sp³-hybridized carbons (Fsp3) is 0.300. The van der Waals surface area contributed by atoms with Crippen molar-refractivity contribution in [2.24, 2.45) is 0 Å². The van der Waals surface area contributed by atoms with Crippen LogP contribution in [0.25, 0.3) is 10.9 Å². The second-order valence-corrected chi connectivity index (χ2v) is 7.28. The summed E-state index contributed by atoms with van der Waals surface area (Å²) < 4.78 is 9.02. The Balaban J connectivity index is 1.85. The molecule has 0 bridgehead atoms. The van der Waals surface area contributed by atoms with Crippen LogP contribution in [0.15, 0.2) is 46.9 Å².